The molecule has 2 aliphatic rings. The second-order valence-corrected chi connectivity index (χ2v) is 10.2. The van der Waals surface area contributed by atoms with E-state index in [-0.39, 0.29) is 10.8 Å². The number of aromatic nitrogens is 2. The zero-order chi connectivity index (χ0) is 24.0. The molecule has 0 saturated carbocycles. The third-order valence-electron chi connectivity index (χ3n) is 6.21. The maximum absolute atomic E-state index is 13.6. The monoisotopic (exact) mass is 482 g/mol. The van der Waals surface area contributed by atoms with Crippen LogP contribution in [0, 0.1) is 13.8 Å². The maximum atomic E-state index is 13.6. The first-order valence-corrected chi connectivity index (χ1v) is 12.6. The lowest BCUT2D eigenvalue weighted by atomic mass is 10.2. The van der Waals surface area contributed by atoms with E-state index in [1.807, 2.05) is 24.3 Å². The number of carbonyl (C=O) groups is 1. The van der Waals surface area contributed by atoms with E-state index in [0.29, 0.717) is 60.4 Å². The highest BCUT2D eigenvalue weighted by atomic mass is 32.2. The van der Waals surface area contributed by atoms with Gasteiger partial charge in [0.1, 0.15) is 24.2 Å². The van der Waals surface area contributed by atoms with Gasteiger partial charge >= 0.3 is 0 Å². The summed E-state index contributed by atoms with van der Waals surface area (Å²) in [4.78, 5) is 13.2. The van der Waals surface area contributed by atoms with Gasteiger partial charge in [-0.15, -0.1) is 0 Å². The molecular formula is C24H26N4O5S. The number of sulfonamides is 1. The number of rotatable bonds is 5. The molecule has 0 saturated heterocycles. The molecule has 2 aliphatic heterocycles. The number of benzene rings is 2. The molecular weight excluding hydrogens is 456 g/mol. The number of fused-ring (bicyclic) bond motifs is 2. The molecule has 178 valence electrons. The lowest BCUT2D eigenvalue weighted by Gasteiger charge is -2.21. The minimum absolute atomic E-state index is 0.142. The Hall–Kier alpha value is -3.53. The lowest BCUT2D eigenvalue weighted by Crippen LogP contribution is -2.30. The minimum Gasteiger partial charge on any atom is -0.486 e. The standard InChI is InChI=1S/C24H26N4O5S/c1-15-23(34(30,31)27-11-10-18-6-4-5-7-20(18)27)16(2)28(26-15)17(3)24(29)25-19-8-9-21-22(14-19)33-13-12-32-21/h4-9,14,17H,10-13H2,1-3H3,(H,25,29). The topological polar surface area (TPSA) is 103 Å². The summed E-state index contributed by atoms with van der Waals surface area (Å²) in [5.41, 5.74) is 3.04. The first-order chi connectivity index (χ1) is 16.3. The van der Waals surface area contributed by atoms with Crippen LogP contribution in [0.15, 0.2) is 47.4 Å². The van der Waals surface area contributed by atoms with Crippen molar-refractivity contribution in [3.8, 4) is 11.5 Å². The Balaban J connectivity index is 1.41. The Morgan fingerprint density at radius 1 is 1.09 bits per heavy atom. The number of carbonyl (C=O) groups excluding carboxylic acids is 1. The molecule has 34 heavy (non-hydrogen) atoms. The van der Waals surface area contributed by atoms with Crippen molar-refractivity contribution in [1.29, 1.82) is 0 Å². The van der Waals surface area contributed by atoms with Gasteiger partial charge in [0.25, 0.3) is 10.0 Å². The van der Waals surface area contributed by atoms with Crippen molar-refractivity contribution in [2.24, 2.45) is 0 Å². The summed E-state index contributed by atoms with van der Waals surface area (Å²) in [6.45, 7) is 6.35. The highest BCUT2D eigenvalue weighted by Gasteiger charge is 2.36. The second kappa shape index (κ2) is 8.35. The summed E-state index contributed by atoms with van der Waals surface area (Å²) in [7, 11) is -3.83. The molecule has 2 aromatic carbocycles. The van der Waals surface area contributed by atoms with E-state index in [1.54, 1.807) is 39.0 Å². The van der Waals surface area contributed by atoms with E-state index in [4.69, 9.17) is 9.47 Å². The zero-order valence-corrected chi connectivity index (χ0v) is 20.1. The largest absolute Gasteiger partial charge is 0.486 e. The van der Waals surface area contributed by atoms with Gasteiger partial charge in [0.05, 0.1) is 17.1 Å². The van der Waals surface area contributed by atoms with Crippen LogP contribution in [0.5, 0.6) is 11.5 Å². The van der Waals surface area contributed by atoms with Crippen LogP contribution in [0.3, 0.4) is 0 Å². The number of amides is 1. The van der Waals surface area contributed by atoms with Gasteiger partial charge in [0.15, 0.2) is 11.5 Å². The van der Waals surface area contributed by atoms with E-state index in [0.717, 1.165) is 5.56 Å². The predicted octanol–water partition coefficient (Wildman–Crippen LogP) is 3.22. The molecule has 9 nitrogen and oxygen atoms in total. The number of ether oxygens (including phenoxy) is 2. The van der Waals surface area contributed by atoms with Gasteiger partial charge in [-0.3, -0.25) is 13.8 Å². The molecule has 0 bridgehead atoms. The predicted molar refractivity (Wildman–Crippen MR) is 127 cm³/mol. The van der Waals surface area contributed by atoms with Crippen LogP contribution in [-0.4, -0.2) is 43.9 Å². The first-order valence-electron chi connectivity index (χ1n) is 11.1. The van der Waals surface area contributed by atoms with Crippen LogP contribution in [0.25, 0.3) is 0 Å². The summed E-state index contributed by atoms with van der Waals surface area (Å²) in [5, 5.41) is 7.30. The molecule has 1 N–H and O–H groups in total. The van der Waals surface area contributed by atoms with Crippen molar-refractivity contribution < 1.29 is 22.7 Å². The molecule has 0 fully saturated rings. The van der Waals surface area contributed by atoms with E-state index in [2.05, 4.69) is 10.4 Å². The number of para-hydroxylation sites is 1. The number of aryl methyl sites for hydroxylation is 1. The fourth-order valence-electron chi connectivity index (χ4n) is 4.54. The van der Waals surface area contributed by atoms with Crippen molar-refractivity contribution in [1.82, 2.24) is 9.78 Å². The van der Waals surface area contributed by atoms with Gasteiger partial charge < -0.3 is 14.8 Å². The molecule has 3 aromatic rings. The second-order valence-electron chi connectivity index (χ2n) is 8.42. The quantitative estimate of drug-likeness (QED) is 0.599. The van der Waals surface area contributed by atoms with Crippen LogP contribution >= 0.6 is 0 Å². The Morgan fingerprint density at radius 2 is 1.82 bits per heavy atom. The van der Waals surface area contributed by atoms with E-state index in [1.165, 1.54) is 8.99 Å². The fraction of sp³-hybridized carbons (Fsp3) is 0.333. The molecule has 1 aromatic heterocycles. The molecule has 1 amide bonds. The lowest BCUT2D eigenvalue weighted by molar-refractivity contribution is -0.119. The Kier molecular flexibility index (Phi) is 5.47. The highest BCUT2D eigenvalue weighted by molar-refractivity contribution is 7.93. The third-order valence-corrected chi connectivity index (χ3v) is 8.27. The Labute approximate surface area is 198 Å². The Morgan fingerprint density at radius 3 is 2.62 bits per heavy atom. The number of hydrogen-bond acceptors (Lipinski definition) is 6. The summed E-state index contributed by atoms with van der Waals surface area (Å²) in [6.07, 6.45) is 0.663. The zero-order valence-electron chi connectivity index (χ0n) is 19.2. The van der Waals surface area contributed by atoms with Gasteiger partial charge in [-0.25, -0.2) is 8.42 Å². The van der Waals surface area contributed by atoms with Crippen molar-refractivity contribution in [2.75, 3.05) is 29.4 Å². The van der Waals surface area contributed by atoms with Crippen molar-refractivity contribution in [3.63, 3.8) is 0 Å². The molecule has 0 aliphatic carbocycles. The average molecular weight is 483 g/mol. The van der Waals surface area contributed by atoms with E-state index < -0.39 is 16.1 Å². The summed E-state index contributed by atoms with van der Waals surface area (Å²) >= 11 is 0. The summed E-state index contributed by atoms with van der Waals surface area (Å²) in [5.74, 6) is 0.883. The van der Waals surface area contributed by atoms with Gasteiger partial charge in [0, 0.05) is 18.3 Å². The average Bonchev–Trinajstić information content (AvgIpc) is 3.39. The SMILES string of the molecule is Cc1nn(C(C)C(=O)Nc2ccc3c(c2)OCCO3)c(C)c1S(=O)(=O)N1CCc2ccccc21. The number of nitrogens with one attached hydrogen (secondary N) is 1. The summed E-state index contributed by atoms with van der Waals surface area (Å²) < 4.78 is 41.2. The van der Waals surface area contributed by atoms with Gasteiger partial charge in [-0.05, 0) is 51.0 Å². The molecule has 0 radical (unpaired) electrons. The van der Waals surface area contributed by atoms with Crippen LogP contribution in [-0.2, 0) is 21.2 Å². The number of nitrogens with zero attached hydrogens (tertiary/aromatic N) is 3. The smallest absolute Gasteiger partial charge is 0.268 e. The van der Waals surface area contributed by atoms with Gasteiger partial charge in [-0.1, -0.05) is 18.2 Å². The van der Waals surface area contributed by atoms with Gasteiger partial charge in [0.2, 0.25) is 5.91 Å². The third kappa shape index (κ3) is 3.67. The van der Waals surface area contributed by atoms with Gasteiger partial charge in [-0.2, -0.15) is 5.10 Å². The molecule has 1 unspecified atom stereocenters. The molecule has 10 heteroatoms. The van der Waals surface area contributed by atoms with Crippen molar-refractivity contribution in [2.45, 2.75) is 38.1 Å². The van der Waals surface area contributed by atoms with Crippen LogP contribution in [0.2, 0.25) is 0 Å². The highest BCUT2D eigenvalue weighted by Crippen LogP contribution is 2.36. The molecule has 1 atom stereocenters. The van der Waals surface area contributed by atoms with E-state index in [9.17, 15) is 13.2 Å². The van der Waals surface area contributed by atoms with Crippen molar-refractivity contribution >= 4 is 27.3 Å². The maximum Gasteiger partial charge on any atom is 0.268 e. The van der Waals surface area contributed by atoms with Crippen LogP contribution in [0.1, 0.15) is 29.9 Å². The molecule has 5 rings (SSSR count). The van der Waals surface area contributed by atoms with Crippen molar-refractivity contribution in [3.05, 3.63) is 59.4 Å². The normalized spacial score (nSPS) is 15.7. The van der Waals surface area contributed by atoms with Crippen LogP contribution < -0.4 is 19.1 Å². The fourth-order valence-corrected chi connectivity index (χ4v) is 6.42. The minimum atomic E-state index is -3.83. The molecule has 0 spiro atoms. The number of anilines is 2. The van der Waals surface area contributed by atoms with E-state index >= 15 is 0 Å². The first kappa shape index (κ1) is 22.3. The molecule has 3 heterocycles. The number of hydrogen-bond donors (Lipinski definition) is 1. The Bertz CT molecular complexity index is 1380. The summed E-state index contributed by atoms with van der Waals surface area (Å²) in [6, 6.07) is 12.0. The van der Waals surface area contributed by atoms with Crippen LogP contribution in [0.4, 0.5) is 11.4 Å².